The molecule has 0 fully saturated rings. The Kier molecular flexibility index (Phi) is 2.17. The van der Waals surface area contributed by atoms with E-state index in [9.17, 15) is 12.8 Å². The van der Waals surface area contributed by atoms with E-state index in [2.05, 4.69) is 5.14 Å². The van der Waals surface area contributed by atoms with E-state index in [1.54, 1.807) is 0 Å². The lowest BCUT2D eigenvalue weighted by molar-refractivity contribution is 0.517. The summed E-state index contributed by atoms with van der Waals surface area (Å²) in [6, 6.07) is 0. The van der Waals surface area contributed by atoms with E-state index < -0.39 is 22.5 Å². The van der Waals surface area contributed by atoms with Crippen molar-refractivity contribution in [1.82, 2.24) is 0 Å². The van der Waals surface area contributed by atoms with E-state index in [1.807, 2.05) is 0 Å². The highest BCUT2D eigenvalue weighted by atomic mass is 32.2. The molecule has 0 unspecified atom stereocenters. The first-order valence-electron chi connectivity index (χ1n) is 1.62. The predicted molar refractivity (Wildman–Crippen MR) is 23.9 cm³/mol. The molecule has 0 saturated carbocycles. The van der Waals surface area contributed by atoms with Gasteiger partial charge in [-0.15, -0.1) is 0 Å². The van der Waals surface area contributed by atoms with Crippen molar-refractivity contribution >= 4 is 10.0 Å². The summed E-state index contributed by atoms with van der Waals surface area (Å²) < 4.78 is 30.6. The van der Waals surface area contributed by atoms with E-state index in [1.165, 1.54) is 0 Å². The fourth-order valence-corrected chi connectivity index (χ4v) is 0.323. The van der Waals surface area contributed by atoms with Crippen LogP contribution in [0.2, 0.25) is 0 Å². The summed E-state index contributed by atoms with van der Waals surface area (Å²) in [6.45, 7) is -0.904. The molecule has 3 nitrogen and oxygen atoms in total. The highest BCUT2D eigenvalue weighted by Crippen LogP contribution is 1.75. The van der Waals surface area contributed by atoms with Crippen molar-refractivity contribution in [2.45, 2.75) is 0 Å². The van der Waals surface area contributed by atoms with Crippen molar-refractivity contribution < 1.29 is 12.8 Å². The number of primary sulfonamides is 1. The molecule has 0 aromatic heterocycles. The molecule has 0 rings (SSSR count). The molecule has 5 heteroatoms. The second-order valence-electron chi connectivity index (χ2n) is 1.06. The van der Waals surface area contributed by atoms with Gasteiger partial charge in [0.1, 0.15) is 6.67 Å². The monoisotopic (exact) mass is 127 g/mol. The lowest BCUT2D eigenvalue weighted by Gasteiger charge is -1.85. The van der Waals surface area contributed by atoms with Crippen LogP contribution in [0.15, 0.2) is 0 Å². The first kappa shape index (κ1) is 6.84. The second-order valence-corrected chi connectivity index (χ2v) is 2.79. The molecule has 0 aliphatic carbocycles. The van der Waals surface area contributed by atoms with Crippen LogP contribution in [-0.2, 0) is 10.0 Å². The molecule has 0 aliphatic rings. The molecule has 0 spiro atoms. The highest BCUT2D eigenvalue weighted by Gasteiger charge is 1.98. The van der Waals surface area contributed by atoms with Gasteiger partial charge in [0.05, 0.1) is 5.75 Å². The van der Waals surface area contributed by atoms with Crippen LogP contribution in [0.5, 0.6) is 0 Å². The molecule has 0 radical (unpaired) electrons. The summed E-state index contributed by atoms with van der Waals surface area (Å²) in [5.74, 6) is -0.576. The van der Waals surface area contributed by atoms with Crippen LogP contribution in [0.25, 0.3) is 0 Å². The zero-order chi connectivity index (χ0) is 5.91. The summed E-state index contributed by atoms with van der Waals surface area (Å²) in [5.41, 5.74) is 0. The number of alkyl halides is 1. The minimum absolute atomic E-state index is 0.576. The average molecular weight is 127 g/mol. The van der Waals surface area contributed by atoms with E-state index in [4.69, 9.17) is 0 Å². The molecule has 0 atom stereocenters. The fraction of sp³-hybridized carbons (Fsp3) is 1.00. The largest absolute Gasteiger partial charge is 0.250 e. The van der Waals surface area contributed by atoms with Gasteiger partial charge in [0.25, 0.3) is 0 Å². The maximum atomic E-state index is 11.0. The first-order valence-corrected chi connectivity index (χ1v) is 3.34. The smallest absolute Gasteiger partial charge is 0.211 e. The predicted octanol–water partition coefficient (Wildman–Crippen LogP) is -0.756. The molecular weight excluding hydrogens is 121 g/mol. The Morgan fingerprint density at radius 3 is 2.00 bits per heavy atom. The molecule has 0 bridgehead atoms. The van der Waals surface area contributed by atoms with Crippen LogP contribution in [0.4, 0.5) is 4.39 Å². The third-order valence-electron chi connectivity index (χ3n) is 0.362. The minimum Gasteiger partial charge on any atom is -0.250 e. The number of nitrogens with two attached hydrogens (primary N) is 1. The third kappa shape index (κ3) is 5.84. The Morgan fingerprint density at radius 1 is 1.57 bits per heavy atom. The van der Waals surface area contributed by atoms with Crippen LogP contribution in [0.1, 0.15) is 0 Å². The molecular formula is C2H6FNO2S. The zero-order valence-electron chi connectivity index (χ0n) is 3.59. The Morgan fingerprint density at radius 2 is 2.00 bits per heavy atom. The van der Waals surface area contributed by atoms with E-state index >= 15 is 0 Å². The van der Waals surface area contributed by atoms with Gasteiger partial charge in [-0.1, -0.05) is 0 Å². The SMILES string of the molecule is NS(=O)(=O)CCF. The molecule has 44 valence electrons. The van der Waals surface area contributed by atoms with Gasteiger partial charge in [0.15, 0.2) is 0 Å². The van der Waals surface area contributed by atoms with Crippen LogP contribution in [-0.4, -0.2) is 20.8 Å². The maximum absolute atomic E-state index is 11.0. The molecule has 0 amide bonds. The normalized spacial score (nSPS) is 11.7. The van der Waals surface area contributed by atoms with Crippen molar-refractivity contribution in [1.29, 1.82) is 0 Å². The van der Waals surface area contributed by atoms with Crippen molar-refractivity contribution in [3.8, 4) is 0 Å². The Hall–Kier alpha value is -0.160. The molecule has 0 aliphatic heterocycles. The van der Waals surface area contributed by atoms with Crippen LogP contribution < -0.4 is 5.14 Å². The van der Waals surface area contributed by atoms with Gasteiger partial charge >= 0.3 is 0 Å². The van der Waals surface area contributed by atoms with E-state index in [0.29, 0.717) is 0 Å². The van der Waals surface area contributed by atoms with Gasteiger partial charge in [0.2, 0.25) is 10.0 Å². The standard InChI is InChI=1S/C2H6FNO2S/c3-1-2-7(4,5)6/h1-2H2,(H2,4,5,6). The summed E-state index contributed by atoms with van der Waals surface area (Å²) in [5, 5.41) is 4.38. The summed E-state index contributed by atoms with van der Waals surface area (Å²) in [7, 11) is -3.55. The lowest BCUT2D eigenvalue weighted by atomic mass is 10.9. The van der Waals surface area contributed by atoms with Crippen LogP contribution >= 0.6 is 0 Å². The van der Waals surface area contributed by atoms with Gasteiger partial charge < -0.3 is 0 Å². The average Bonchev–Trinajstić information content (AvgIpc) is 1.30. The molecule has 7 heavy (non-hydrogen) atoms. The lowest BCUT2D eigenvalue weighted by Crippen LogP contribution is -2.17. The topological polar surface area (TPSA) is 60.2 Å². The van der Waals surface area contributed by atoms with Gasteiger partial charge in [-0.3, -0.25) is 0 Å². The van der Waals surface area contributed by atoms with Gasteiger partial charge in [-0.05, 0) is 0 Å². The van der Waals surface area contributed by atoms with Crippen LogP contribution in [0.3, 0.4) is 0 Å². The van der Waals surface area contributed by atoms with Crippen molar-refractivity contribution in [3.05, 3.63) is 0 Å². The van der Waals surface area contributed by atoms with Gasteiger partial charge in [-0.2, -0.15) is 0 Å². The van der Waals surface area contributed by atoms with Crippen molar-refractivity contribution in [3.63, 3.8) is 0 Å². The van der Waals surface area contributed by atoms with E-state index in [0.717, 1.165) is 0 Å². The zero-order valence-corrected chi connectivity index (χ0v) is 4.41. The number of rotatable bonds is 2. The number of sulfonamides is 1. The third-order valence-corrected chi connectivity index (χ3v) is 1.09. The number of hydrogen-bond donors (Lipinski definition) is 1. The Bertz CT molecular complexity index is 129. The Labute approximate surface area is 41.4 Å². The van der Waals surface area contributed by atoms with Gasteiger partial charge in [-0.25, -0.2) is 17.9 Å². The second kappa shape index (κ2) is 2.23. The van der Waals surface area contributed by atoms with Crippen LogP contribution in [0, 0.1) is 0 Å². The summed E-state index contributed by atoms with van der Waals surface area (Å²) in [4.78, 5) is 0. The number of hydrogen-bond acceptors (Lipinski definition) is 2. The minimum atomic E-state index is -3.55. The fourth-order valence-electron chi connectivity index (χ4n) is 0.108. The number of halogens is 1. The molecule has 0 heterocycles. The van der Waals surface area contributed by atoms with Gasteiger partial charge in [0, 0.05) is 0 Å². The highest BCUT2D eigenvalue weighted by molar-refractivity contribution is 7.89. The first-order chi connectivity index (χ1) is 3.06. The summed E-state index contributed by atoms with van der Waals surface area (Å²) >= 11 is 0. The molecule has 0 aromatic rings. The van der Waals surface area contributed by atoms with Crippen molar-refractivity contribution in [2.75, 3.05) is 12.4 Å². The maximum Gasteiger partial charge on any atom is 0.211 e. The van der Waals surface area contributed by atoms with Crippen molar-refractivity contribution in [2.24, 2.45) is 5.14 Å². The molecule has 0 aromatic carbocycles. The Balaban J connectivity index is 3.60. The quantitative estimate of drug-likeness (QED) is 0.530. The molecule has 0 saturated heterocycles. The summed E-state index contributed by atoms with van der Waals surface area (Å²) in [6.07, 6.45) is 0. The molecule has 2 N–H and O–H groups in total. The van der Waals surface area contributed by atoms with E-state index in [-0.39, 0.29) is 0 Å².